The summed E-state index contributed by atoms with van der Waals surface area (Å²) in [4.78, 5) is 105. The molecule has 9 aromatic rings. The number of rotatable bonds is 24. The zero-order chi connectivity index (χ0) is 73.2. The summed E-state index contributed by atoms with van der Waals surface area (Å²) in [5, 5.41) is 35.6. The zero-order valence-electron chi connectivity index (χ0n) is 59.9. The van der Waals surface area contributed by atoms with Crippen molar-refractivity contribution >= 4 is 80.8 Å². The van der Waals surface area contributed by atoms with Gasteiger partial charge in [-0.15, -0.1) is 22.7 Å². The molecule has 9 heterocycles. The van der Waals surface area contributed by atoms with Crippen LogP contribution in [0.4, 0.5) is 0 Å². The molecule has 25 heteroatoms. The lowest BCUT2D eigenvalue weighted by molar-refractivity contribution is -0.140. The van der Waals surface area contributed by atoms with Gasteiger partial charge >= 0.3 is 0 Å². The lowest BCUT2D eigenvalue weighted by Gasteiger charge is -2.29. The number of hydrogen-bond donors (Lipinski definition) is 3. The maximum Gasteiger partial charge on any atom is 0.234 e. The molecule has 0 aliphatic carbocycles. The van der Waals surface area contributed by atoms with Crippen molar-refractivity contribution in [3.05, 3.63) is 169 Å². The summed E-state index contributed by atoms with van der Waals surface area (Å²) in [5.74, 6) is -0.0402. The van der Waals surface area contributed by atoms with Crippen LogP contribution in [0.15, 0.2) is 117 Å². The Labute approximate surface area is 612 Å². The summed E-state index contributed by atoms with van der Waals surface area (Å²) in [6, 6.07) is 26.2. The van der Waals surface area contributed by atoms with Gasteiger partial charge in [0.05, 0.1) is 98.0 Å². The molecule has 3 aromatic carbocycles. The number of β-amino-alcohol motifs (C(OH)–C–C–N with tert-alkyl or cyclic N) is 3. The van der Waals surface area contributed by atoms with E-state index in [9.17, 15) is 44.1 Å². The van der Waals surface area contributed by atoms with E-state index in [-0.39, 0.29) is 104 Å². The first-order chi connectivity index (χ1) is 48.7. The second-order valence-corrected chi connectivity index (χ2v) is 31.5. The van der Waals surface area contributed by atoms with Crippen molar-refractivity contribution in [1.29, 1.82) is 0 Å². The molecule has 0 bridgehead atoms. The number of likely N-dealkylation sites (tertiary alicyclic amines) is 3. The summed E-state index contributed by atoms with van der Waals surface area (Å²) in [6.07, 6.45) is 3.95. The average Bonchev–Trinajstić information content (AvgIpc) is 1.64. The lowest BCUT2D eigenvalue weighted by atomic mass is 9.89. The number of amides is 3. The average molecular weight is 1460 g/mol. The van der Waals surface area contributed by atoms with E-state index in [1.807, 2.05) is 123 Å². The van der Waals surface area contributed by atoms with Crippen LogP contribution in [0.2, 0.25) is 0 Å². The van der Waals surface area contributed by atoms with Gasteiger partial charge in [-0.25, -0.2) is 19.9 Å². The van der Waals surface area contributed by atoms with Crippen molar-refractivity contribution in [2.75, 3.05) is 19.6 Å². The molecule has 21 nitrogen and oxygen atoms in total. The van der Waals surface area contributed by atoms with E-state index in [1.54, 1.807) is 58.6 Å². The van der Waals surface area contributed by atoms with Crippen molar-refractivity contribution in [2.45, 2.75) is 195 Å². The first-order valence-corrected chi connectivity index (χ1v) is 38.2. The quantitative estimate of drug-likeness (QED) is 0.0506. The third kappa shape index (κ3) is 18.6. The van der Waals surface area contributed by atoms with E-state index in [1.165, 1.54) is 34.4 Å². The Bertz CT molecular complexity index is 4110. The Morgan fingerprint density at radius 1 is 0.549 bits per heavy atom. The molecule has 10 atom stereocenters. The van der Waals surface area contributed by atoms with Gasteiger partial charge in [-0.05, 0) is 128 Å². The number of carbonyl (C=O) groups excluding carboxylic acids is 6. The smallest absolute Gasteiger partial charge is 0.234 e. The van der Waals surface area contributed by atoms with Gasteiger partial charge in [-0.3, -0.25) is 28.8 Å². The molecule has 3 amide bonds. The minimum Gasteiger partial charge on any atom is -0.444 e. The number of oxazole rings is 1. The fraction of sp³-hybridized carbons (Fsp3) is 0.468. The van der Waals surface area contributed by atoms with E-state index < -0.39 is 48.3 Å². The number of Topliss-reactive ketones (excluding diaryl/α,β-unsaturated/α-hetero) is 3. The highest BCUT2D eigenvalue weighted by Gasteiger charge is 2.46. The van der Waals surface area contributed by atoms with Crippen LogP contribution in [0.1, 0.15) is 172 Å². The fourth-order valence-corrected chi connectivity index (χ4v) is 17.4. The van der Waals surface area contributed by atoms with Crippen molar-refractivity contribution in [3.8, 4) is 32.2 Å². The molecule has 0 radical (unpaired) electrons. The van der Waals surface area contributed by atoms with Gasteiger partial charge in [0.2, 0.25) is 17.7 Å². The number of aryl methyl sites for hydroxylation is 7. The number of aliphatic hydroxyl groups excluding tert-OH is 3. The summed E-state index contributed by atoms with van der Waals surface area (Å²) in [5.41, 5.74) is 13.7. The lowest BCUT2D eigenvalue weighted by Crippen LogP contribution is -2.44. The maximum atomic E-state index is 13.5. The van der Waals surface area contributed by atoms with Gasteiger partial charge in [-0.1, -0.05) is 126 Å². The van der Waals surface area contributed by atoms with Crippen LogP contribution in [0.5, 0.6) is 0 Å². The minimum atomic E-state index is -0.723. The van der Waals surface area contributed by atoms with Crippen molar-refractivity contribution in [2.24, 2.45) is 17.8 Å². The Morgan fingerprint density at radius 3 is 1.42 bits per heavy atom. The van der Waals surface area contributed by atoms with Crippen molar-refractivity contribution < 1.29 is 53.0 Å². The van der Waals surface area contributed by atoms with Gasteiger partial charge in [0.25, 0.3) is 0 Å². The third-order valence-corrected chi connectivity index (χ3v) is 23.1. The van der Waals surface area contributed by atoms with Gasteiger partial charge in [0.15, 0.2) is 29.5 Å². The second-order valence-electron chi connectivity index (χ2n) is 28.2. The SMILES string of the molecule is Cc1cc([C@H](C(=O)N2C[C@H](O)C[C@H]2C(=O)CCc2ccc(-c3scnc3C)cc2)C(C)C)sn1.Cc1cc([C@H](C(=O)N2C[C@H](O)C[C@H]2C(=O)C[C@@H](C)c2ccc(-c3cnco3)cc2)C(C)C)on1.Cc1nsc([C@H](C(=O)N2C[C@H](O)C[C@H]2C(=O)CCc2ccc(-c3scnc3C)cc2)C(C)C)n1. The van der Waals surface area contributed by atoms with Crippen LogP contribution in [0, 0.1) is 52.4 Å². The molecular formula is C77H92N10O11S4. The number of aromatic nitrogens is 7. The molecule has 6 aromatic heterocycles. The van der Waals surface area contributed by atoms with Crippen LogP contribution >= 0.6 is 45.7 Å². The number of ketones is 3. The highest BCUT2D eigenvalue weighted by Crippen LogP contribution is 2.38. The Hall–Kier alpha value is -8.17. The van der Waals surface area contributed by atoms with Gasteiger partial charge < -0.3 is 39.0 Å². The first-order valence-electron chi connectivity index (χ1n) is 34.9. The van der Waals surface area contributed by atoms with Crippen LogP contribution in [0.3, 0.4) is 0 Å². The summed E-state index contributed by atoms with van der Waals surface area (Å²) in [6.45, 7) is 23.9. The summed E-state index contributed by atoms with van der Waals surface area (Å²) < 4.78 is 19.3. The molecule has 3 aliphatic heterocycles. The largest absolute Gasteiger partial charge is 0.444 e. The molecule has 0 spiro atoms. The number of aliphatic hydroxyl groups is 3. The van der Waals surface area contributed by atoms with Crippen LogP contribution in [-0.4, -0.2) is 155 Å². The molecule has 0 saturated carbocycles. The summed E-state index contributed by atoms with van der Waals surface area (Å²) >= 11 is 5.81. The van der Waals surface area contributed by atoms with Crippen molar-refractivity contribution in [3.63, 3.8) is 0 Å². The number of carbonyl (C=O) groups is 6. The molecular weight excluding hydrogens is 1370 g/mol. The van der Waals surface area contributed by atoms with Crippen LogP contribution in [0.25, 0.3) is 32.2 Å². The Balaban J connectivity index is 0.000000165. The van der Waals surface area contributed by atoms with Gasteiger partial charge in [0, 0.05) is 74.7 Å². The molecule has 3 saturated heterocycles. The standard InChI is InChI=1S/C26H31N3O5.C26H31N3O3S2.C25H30N4O3S2/c1-15(2)25(23-10-17(4)28-34-23)26(32)29-13-20(30)11-21(29)22(31)9-16(3)18-5-7-19(8-6-18)24-12-27-14-33-24;1-15(2)24(23-11-16(3)28-34-23)26(32)29-13-20(30)12-21(29)22(31)10-7-18-5-8-19(9-6-18)25-17(4)27-14-33-25;1-14(2)22(24-27-16(4)28-34-24)25(32)29-12-19(30)11-20(29)21(31)10-7-17-5-8-18(9-6-17)23-15(3)26-13-33-23/h5-8,10,12,14-16,20-21,25,30H,9,11,13H2,1-4H3;5-6,8-9,11,14-15,20-21,24,30H,7,10,12-13H2,1-4H3;5-6,8-9,13-14,19-20,22,30H,7,10-12H2,1-4H3/t16-,20-,21+,25-;20-,21+,24-;19-,20+,22-/m111/s1. The number of thiazole rings is 2. The van der Waals surface area contributed by atoms with E-state index in [2.05, 4.69) is 70.2 Å². The third-order valence-electron chi connectivity index (χ3n) is 19.3. The summed E-state index contributed by atoms with van der Waals surface area (Å²) in [7, 11) is 0. The number of hydrogen-bond acceptors (Lipinski definition) is 22. The maximum absolute atomic E-state index is 13.5. The molecule has 3 aliphatic rings. The van der Waals surface area contributed by atoms with E-state index >= 15 is 0 Å². The molecule has 0 unspecified atom stereocenters. The zero-order valence-corrected chi connectivity index (χ0v) is 63.2. The Morgan fingerprint density at radius 2 is 1.02 bits per heavy atom. The predicted octanol–water partition coefficient (Wildman–Crippen LogP) is 13.1. The predicted molar refractivity (Wildman–Crippen MR) is 395 cm³/mol. The molecule has 3 fully saturated rings. The normalized spacial score (nSPS) is 19.4. The van der Waals surface area contributed by atoms with E-state index in [4.69, 9.17) is 8.94 Å². The van der Waals surface area contributed by atoms with Crippen LogP contribution in [-0.2, 0) is 41.6 Å². The van der Waals surface area contributed by atoms with Crippen LogP contribution < -0.4 is 0 Å². The second kappa shape index (κ2) is 34.4. The molecule has 3 N–H and O–H groups in total. The molecule has 12 rings (SSSR count). The Kier molecular flexibility index (Phi) is 25.8. The number of nitrogens with zero attached hydrogens (tertiary/aromatic N) is 10. The van der Waals surface area contributed by atoms with Crippen molar-refractivity contribution in [1.82, 2.24) is 48.5 Å². The minimum absolute atomic E-state index is 0.00837. The molecule has 540 valence electrons. The number of benzene rings is 3. The molecule has 102 heavy (non-hydrogen) atoms. The first kappa shape index (κ1) is 76.5. The van der Waals surface area contributed by atoms with Gasteiger partial charge in [0.1, 0.15) is 22.5 Å². The van der Waals surface area contributed by atoms with E-state index in [0.717, 1.165) is 65.1 Å². The topological polar surface area (TPSA) is 289 Å². The fourth-order valence-electron chi connectivity index (χ4n) is 13.8. The van der Waals surface area contributed by atoms with E-state index in [0.29, 0.717) is 60.2 Å². The highest BCUT2D eigenvalue weighted by molar-refractivity contribution is 7.13. The van der Waals surface area contributed by atoms with Gasteiger partial charge in [-0.2, -0.15) is 8.75 Å². The monoisotopic (exact) mass is 1460 g/mol. The highest BCUT2D eigenvalue weighted by atomic mass is 32.1.